The molecule has 1 aromatic rings. The summed E-state index contributed by atoms with van der Waals surface area (Å²) in [4.78, 5) is 16.9. The third-order valence-corrected chi connectivity index (χ3v) is 4.41. The summed E-state index contributed by atoms with van der Waals surface area (Å²) in [7, 11) is 0. The van der Waals surface area contributed by atoms with Gasteiger partial charge in [0.25, 0.3) is 0 Å². The standard InChI is InChI=1S/C21H25NO2/c1-3-17(18-10-5-4-6-11-18)13-21(24)19(15-23)14-22-20-12-8-7-9-16(20)2/h4-8,10-12,14-17,23H,3,9,13H2,1-2H3. The Morgan fingerprint density at radius 1 is 1.38 bits per heavy atom. The van der Waals surface area contributed by atoms with Gasteiger partial charge in [-0.25, -0.2) is 0 Å². The van der Waals surface area contributed by atoms with E-state index in [4.69, 9.17) is 0 Å². The number of hydrogen-bond donors (Lipinski definition) is 1. The molecule has 1 N–H and O–H groups in total. The third kappa shape index (κ3) is 4.79. The lowest BCUT2D eigenvalue weighted by Gasteiger charge is -2.15. The van der Waals surface area contributed by atoms with Crippen molar-refractivity contribution in [2.45, 2.75) is 39.0 Å². The van der Waals surface area contributed by atoms with Gasteiger partial charge in [-0.1, -0.05) is 56.3 Å². The van der Waals surface area contributed by atoms with Crippen LogP contribution in [0.15, 0.2) is 71.1 Å². The molecule has 2 rings (SSSR count). The van der Waals surface area contributed by atoms with Gasteiger partial charge in [0.1, 0.15) is 0 Å². The molecule has 0 heterocycles. The molecule has 1 aliphatic rings. The Bertz CT molecular complexity index is 668. The molecule has 0 radical (unpaired) electrons. The molecule has 126 valence electrons. The lowest BCUT2D eigenvalue weighted by Crippen LogP contribution is -2.11. The zero-order valence-electron chi connectivity index (χ0n) is 14.4. The number of rotatable bonds is 7. The van der Waals surface area contributed by atoms with Crippen molar-refractivity contribution in [2.24, 2.45) is 10.9 Å². The van der Waals surface area contributed by atoms with E-state index in [1.807, 2.05) is 42.5 Å². The quantitative estimate of drug-likeness (QED) is 0.429. The summed E-state index contributed by atoms with van der Waals surface area (Å²) in [6.45, 7) is 4.17. The smallest absolute Gasteiger partial charge is 0.168 e. The van der Waals surface area contributed by atoms with Crippen LogP contribution >= 0.6 is 0 Å². The first-order valence-electron chi connectivity index (χ1n) is 8.49. The van der Waals surface area contributed by atoms with Crippen LogP contribution in [0.3, 0.4) is 0 Å². The minimum Gasteiger partial charge on any atom is -0.515 e. The minimum atomic E-state index is -0.0865. The molecule has 0 saturated heterocycles. The SMILES string of the molecule is CCC(CC(=O)C(C=NC1=CC=CCC1C)=CO)c1ccccc1. The number of aliphatic imine (C=N–C) groups is 1. The first kappa shape index (κ1) is 17.9. The van der Waals surface area contributed by atoms with E-state index >= 15 is 0 Å². The first-order valence-corrected chi connectivity index (χ1v) is 8.49. The summed E-state index contributed by atoms with van der Waals surface area (Å²) >= 11 is 0. The summed E-state index contributed by atoms with van der Waals surface area (Å²) in [6, 6.07) is 10.0. The van der Waals surface area contributed by atoms with Crippen molar-refractivity contribution in [3.05, 3.63) is 71.7 Å². The van der Waals surface area contributed by atoms with Gasteiger partial charge in [0.05, 0.1) is 11.8 Å². The molecule has 0 fully saturated rings. The van der Waals surface area contributed by atoms with Crippen molar-refractivity contribution in [2.75, 3.05) is 0 Å². The van der Waals surface area contributed by atoms with E-state index in [-0.39, 0.29) is 17.3 Å². The van der Waals surface area contributed by atoms with Crippen molar-refractivity contribution < 1.29 is 9.90 Å². The third-order valence-electron chi connectivity index (χ3n) is 4.41. The first-order chi connectivity index (χ1) is 11.7. The van der Waals surface area contributed by atoms with Gasteiger partial charge in [0.15, 0.2) is 5.78 Å². The number of aliphatic hydroxyl groups is 1. The number of hydrogen-bond acceptors (Lipinski definition) is 3. The van der Waals surface area contributed by atoms with Crippen LogP contribution in [0.4, 0.5) is 0 Å². The van der Waals surface area contributed by atoms with Crippen molar-refractivity contribution in [3.63, 3.8) is 0 Å². The molecule has 2 unspecified atom stereocenters. The van der Waals surface area contributed by atoms with Gasteiger partial charge in [-0.05, 0) is 30.4 Å². The van der Waals surface area contributed by atoms with Crippen LogP contribution in [-0.4, -0.2) is 17.1 Å². The number of allylic oxidation sites excluding steroid dienone is 5. The zero-order chi connectivity index (χ0) is 17.4. The van der Waals surface area contributed by atoms with Gasteiger partial charge in [-0.3, -0.25) is 9.79 Å². The minimum absolute atomic E-state index is 0.0865. The predicted molar refractivity (Wildman–Crippen MR) is 99.3 cm³/mol. The Morgan fingerprint density at radius 3 is 2.75 bits per heavy atom. The van der Waals surface area contributed by atoms with Crippen LogP contribution in [0, 0.1) is 5.92 Å². The van der Waals surface area contributed by atoms with E-state index in [1.165, 1.54) is 6.21 Å². The highest BCUT2D eigenvalue weighted by Crippen LogP contribution is 2.25. The fourth-order valence-electron chi connectivity index (χ4n) is 2.79. The van der Waals surface area contributed by atoms with E-state index in [0.29, 0.717) is 12.3 Å². The molecule has 0 bridgehead atoms. The highest BCUT2D eigenvalue weighted by Gasteiger charge is 2.17. The second-order valence-electron chi connectivity index (χ2n) is 6.14. The van der Waals surface area contributed by atoms with E-state index in [1.54, 1.807) is 0 Å². The topological polar surface area (TPSA) is 49.7 Å². The highest BCUT2D eigenvalue weighted by molar-refractivity contribution is 6.13. The number of aliphatic hydroxyl groups excluding tert-OH is 1. The van der Waals surface area contributed by atoms with Crippen molar-refractivity contribution >= 4 is 12.0 Å². The average Bonchev–Trinajstić information content (AvgIpc) is 2.62. The summed E-state index contributed by atoms with van der Waals surface area (Å²) in [6.07, 6.45) is 10.6. The second kappa shape index (κ2) is 9.02. The number of Topliss-reactive ketones (excluding diaryl/α,β-unsaturated/α-hetero) is 1. The Hall–Kier alpha value is -2.42. The molecule has 1 aromatic carbocycles. The van der Waals surface area contributed by atoms with E-state index in [2.05, 4.69) is 24.9 Å². The molecule has 0 spiro atoms. The maximum absolute atomic E-state index is 12.5. The van der Waals surface area contributed by atoms with Crippen LogP contribution in [0.25, 0.3) is 0 Å². The Kier molecular flexibility index (Phi) is 6.74. The molecule has 3 nitrogen and oxygen atoms in total. The number of benzene rings is 1. The van der Waals surface area contributed by atoms with Crippen molar-refractivity contribution in [1.82, 2.24) is 0 Å². The fourth-order valence-corrected chi connectivity index (χ4v) is 2.79. The molecule has 3 heteroatoms. The van der Waals surface area contributed by atoms with Gasteiger partial charge in [0, 0.05) is 24.3 Å². The van der Waals surface area contributed by atoms with E-state index in [9.17, 15) is 9.90 Å². The van der Waals surface area contributed by atoms with Crippen LogP contribution in [0.5, 0.6) is 0 Å². The van der Waals surface area contributed by atoms with Gasteiger partial charge >= 0.3 is 0 Å². The molecular weight excluding hydrogens is 298 g/mol. The molecule has 2 atom stereocenters. The number of ketones is 1. The van der Waals surface area contributed by atoms with Crippen molar-refractivity contribution in [3.8, 4) is 0 Å². The van der Waals surface area contributed by atoms with E-state index < -0.39 is 0 Å². The Morgan fingerprint density at radius 2 is 2.12 bits per heavy atom. The maximum Gasteiger partial charge on any atom is 0.168 e. The molecular formula is C21H25NO2. The summed E-state index contributed by atoms with van der Waals surface area (Å²) < 4.78 is 0. The maximum atomic E-state index is 12.5. The Balaban J connectivity index is 2.06. The fraction of sp³-hybridized carbons (Fsp3) is 0.333. The molecule has 0 aromatic heterocycles. The number of carbonyl (C=O) groups is 1. The lowest BCUT2D eigenvalue weighted by molar-refractivity contribution is -0.115. The monoisotopic (exact) mass is 323 g/mol. The predicted octanol–water partition coefficient (Wildman–Crippen LogP) is 5.13. The number of carbonyl (C=O) groups excluding carboxylic acids is 1. The highest BCUT2D eigenvalue weighted by atomic mass is 16.2. The number of nitrogens with zero attached hydrogens (tertiary/aromatic N) is 1. The lowest BCUT2D eigenvalue weighted by atomic mass is 9.90. The van der Waals surface area contributed by atoms with Crippen LogP contribution in [0.2, 0.25) is 0 Å². The molecule has 0 aliphatic heterocycles. The van der Waals surface area contributed by atoms with Gasteiger partial charge in [-0.2, -0.15) is 0 Å². The summed E-state index contributed by atoms with van der Waals surface area (Å²) in [5.41, 5.74) is 2.34. The normalized spacial score (nSPS) is 19.3. The summed E-state index contributed by atoms with van der Waals surface area (Å²) in [5.74, 6) is 0.392. The van der Waals surface area contributed by atoms with Gasteiger partial charge in [0.2, 0.25) is 0 Å². The Labute approximate surface area is 144 Å². The average molecular weight is 323 g/mol. The molecule has 1 aliphatic carbocycles. The molecule has 24 heavy (non-hydrogen) atoms. The molecule has 0 amide bonds. The summed E-state index contributed by atoms with van der Waals surface area (Å²) in [5, 5.41) is 9.44. The van der Waals surface area contributed by atoms with Crippen LogP contribution < -0.4 is 0 Å². The molecule has 0 saturated carbocycles. The van der Waals surface area contributed by atoms with E-state index in [0.717, 1.165) is 30.4 Å². The largest absolute Gasteiger partial charge is 0.515 e. The van der Waals surface area contributed by atoms with Crippen LogP contribution in [-0.2, 0) is 4.79 Å². The van der Waals surface area contributed by atoms with Crippen LogP contribution in [0.1, 0.15) is 44.6 Å². The van der Waals surface area contributed by atoms with Crippen molar-refractivity contribution in [1.29, 1.82) is 0 Å². The van der Waals surface area contributed by atoms with Gasteiger partial charge < -0.3 is 5.11 Å². The van der Waals surface area contributed by atoms with Gasteiger partial charge in [-0.15, -0.1) is 0 Å². The zero-order valence-corrected chi connectivity index (χ0v) is 14.4. The second-order valence-corrected chi connectivity index (χ2v) is 6.14.